The van der Waals surface area contributed by atoms with Crippen LogP contribution in [-0.2, 0) is 10.0 Å². The van der Waals surface area contributed by atoms with Crippen molar-refractivity contribution in [3.8, 4) is 17.0 Å². The number of nitrogens with one attached hydrogen (secondary N) is 3. The van der Waals surface area contributed by atoms with Crippen LogP contribution in [0.15, 0.2) is 59.6 Å². The number of anilines is 2. The number of benzene rings is 2. The molecule has 0 radical (unpaired) electrons. The van der Waals surface area contributed by atoms with Crippen molar-refractivity contribution < 1.29 is 17.5 Å². The van der Waals surface area contributed by atoms with Crippen LogP contribution in [0.1, 0.15) is 25.7 Å². The molecular formula is C27H28ClFN6O3S. The maximum Gasteiger partial charge on any atom is 0.264 e. The molecule has 2 aromatic carbocycles. The quantitative estimate of drug-likeness (QED) is 0.263. The third-order valence-electron chi connectivity index (χ3n) is 6.85. The van der Waals surface area contributed by atoms with Crippen molar-refractivity contribution in [2.24, 2.45) is 0 Å². The Hall–Kier alpha value is -3.54. The van der Waals surface area contributed by atoms with E-state index in [0.717, 1.165) is 36.6 Å². The van der Waals surface area contributed by atoms with Gasteiger partial charge in [0.15, 0.2) is 11.6 Å². The van der Waals surface area contributed by atoms with Gasteiger partial charge in [-0.05, 0) is 68.6 Å². The van der Waals surface area contributed by atoms with Crippen LogP contribution in [0.5, 0.6) is 5.88 Å². The molecule has 4 aromatic rings. The van der Waals surface area contributed by atoms with E-state index in [1.165, 1.54) is 31.4 Å². The number of sulfonamides is 1. The fourth-order valence-corrected chi connectivity index (χ4v) is 6.26. The number of methoxy groups -OCH3 is 1. The summed E-state index contributed by atoms with van der Waals surface area (Å²) in [5, 5.41) is 7.53. The molecule has 12 heteroatoms. The van der Waals surface area contributed by atoms with E-state index >= 15 is 4.39 Å². The molecule has 2 heterocycles. The molecule has 0 amide bonds. The van der Waals surface area contributed by atoms with E-state index in [0.29, 0.717) is 29.2 Å². The van der Waals surface area contributed by atoms with E-state index in [-0.39, 0.29) is 15.8 Å². The third kappa shape index (κ3) is 5.90. The van der Waals surface area contributed by atoms with Crippen molar-refractivity contribution in [2.45, 2.75) is 42.7 Å². The lowest BCUT2D eigenvalue weighted by Crippen LogP contribution is -2.35. The van der Waals surface area contributed by atoms with E-state index < -0.39 is 21.7 Å². The lowest BCUT2D eigenvalue weighted by molar-refractivity contribution is 0.370. The molecule has 9 nitrogen and oxygen atoms in total. The zero-order chi connectivity index (χ0) is 27.6. The Morgan fingerprint density at radius 3 is 2.49 bits per heavy atom. The Kier molecular flexibility index (Phi) is 7.83. The van der Waals surface area contributed by atoms with Crippen LogP contribution in [0.25, 0.3) is 22.0 Å². The highest BCUT2D eigenvalue weighted by molar-refractivity contribution is 7.92. The number of rotatable bonds is 8. The highest BCUT2D eigenvalue weighted by atomic mass is 35.5. The first kappa shape index (κ1) is 27.0. The third-order valence-corrected chi connectivity index (χ3v) is 8.69. The van der Waals surface area contributed by atoms with Crippen LogP contribution < -0.4 is 20.1 Å². The second kappa shape index (κ2) is 11.3. The number of ether oxygens (including phenoxy) is 1. The summed E-state index contributed by atoms with van der Waals surface area (Å²) < 4.78 is 48.3. The SMILES string of the molecule is CNC1CCC(Nc2ncc3cc(-c4cc(F)c(NS(=O)(=O)c5ccccc5Cl)nc4OC)ccc3n2)CC1. The molecule has 0 saturated heterocycles. The summed E-state index contributed by atoms with van der Waals surface area (Å²) in [6.07, 6.45) is 6.04. The van der Waals surface area contributed by atoms with Gasteiger partial charge in [0, 0.05) is 29.2 Å². The summed E-state index contributed by atoms with van der Waals surface area (Å²) >= 11 is 6.02. The molecule has 0 spiro atoms. The average molecular weight is 571 g/mol. The molecule has 1 fully saturated rings. The predicted molar refractivity (Wildman–Crippen MR) is 150 cm³/mol. The highest BCUT2D eigenvalue weighted by Gasteiger charge is 2.23. The maximum absolute atomic E-state index is 15.1. The first-order valence-electron chi connectivity index (χ1n) is 12.5. The van der Waals surface area contributed by atoms with E-state index in [2.05, 4.69) is 30.3 Å². The van der Waals surface area contributed by atoms with Crippen LogP contribution in [0, 0.1) is 5.82 Å². The largest absolute Gasteiger partial charge is 0.480 e. The molecule has 0 bridgehead atoms. The van der Waals surface area contributed by atoms with Gasteiger partial charge in [0.1, 0.15) is 4.90 Å². The summed E-state index contributed by atoms with van der Waals surface area (Å²) in [6, 6.07) is 13.4. The minimum Gasteiger partial charge on any atom is -0.480 e. The Labute approximate surface area is 231 Å². The molecule has 5 rings (SSSR count). The number of hydrogen-bond acceptors (Lipinski definition) is 8. The zero-order valence-electron chi connectivity index (χ0n) is 21.4. The minimum atomic E-state index is -4.18. The number of fused-ring (bicyclic) bond motifs is 1. The molecule has 39 heavy (non-hydrogen) atoms. The molecule has 0 atom stereocenters. The van der Waals surface area contributed by atoms with Crippen molar-refractivity contribution in [1.82, 2.24) is 20.3 Å². The van der Waals surface area contributed by atoms with Gasteiger partial charge in [-0.3, -0.25) is 4.72 Å². The van der Waals surface area contributed by atoms with Crippen LogP contribution in [0.3, 0.4) is 0 Å². The molecule has 0 aliphatic heterocycles. The molecular weight excluding hydrogens is 543 g/mol. The normalized spacial score (nSPS) is 17.6. The van der Waals surface area contributed by atoms with Crippen molar-refractivity contribution >= 4 is 44.3 Å². The van der Waals surface area contributed by atoms with Crippen molar-refractivity contribution in [3.63, 3.8) is 0 Å². The standard InChI is InChI=1S/C27H28ClFN6O3S/c1-30-18-8-10-19(11-9-18)32-27-31-15-17-13-16(7-12-23(17)33-27)20-14-22(29)25(34-26(20)38-2)35-39(36,37)24-6-4-3-5-21(24)28/h3-7,12-15,18-19,30H,8-11H2,1-2H3,(H,34,35)(H,31,32,33). The van der Waals surface area contributed by atoms with E-state index in [1.807, 2.05) is 19.2 Å². The van der Waals surface area contributed by atoms with Crippen LogP contribution in [0.4, 0.5) is 16.2 Å². The van der Waals surface area contributed by atoms with E-state index in [4.69, 9.17) is 16.3 Å². The Balaban J connectivity index is 1.39. The molecule has 1 aliphatic carbocycles. The van der Waals surface area contributed by atoms with Gasteiger partial charge < -0.3 is 15.4 Å². The Bertz CT molecular complexity index is 1610. The average Bonchev–Trinajstić information content (AvgIpc) is 2.94. The van der Waals surface area contributed by atoms with E-state index in [9.17, 15) is 8.42 Å². The number of halogens is 2. The van der Waals surface area contributed by atoms with Gasteiger partial charge in [-0.25, -0.2) is 22.8 Å². The number of aromatic nitrogens is 3. The van der Waals surface area contributed by atoms with Gasteiger partial charge in [-0.1, -0.05) is 29.8 Å². The van der Waals surface area contributed by atoms with Gasteiger partial charge in [-0.15, -0.1) is 0 Å². The minimum absolute atomic E-state index is 0.00639. The number of hydrogen-bond donors (Lipinski definition) is 3. The smallest absolute Gasteiger partial charge is 0.264 e. The van der Waals surface area contributed by atoms with Gasteiger partial charge in [0.2, 0.25) is 11.8 Å². The van der Waals surface area contributed by atoms with Gasteiger partial charge in [-0.2, -0.15) is 4.98 Å². The summed E-state index contributed by atoms with van der Waals surface area (Å²) in [5.74, 6) is -0.753. The molecule has 204 valence electrons. The topological polar surface area (TPSA) is 118 Å². The molecule has 0 unspecified atom stereocenters. The molecule has 1 saturated carbocycles. The lowest BCUT2D eigenvalue weighted by Gasteiger charge is -2.28. The van der Waals surface area contributed by atoms with E-state index in [1.54, 1.807) is 18.3 Å². The second-order valence-corrected chi connectivity index (χ2v) is 11.4. The maximum atomic E-state index is 15.1. The van der Waals surface area contributed by atoms with Crippen molar-refractivity contribution in [3.05, 3.63) is 65.6 Å². The number of pyridine rings is 1. The van der Waals surface area contributed by atoms with Gasteiger partial charge >= 0.3 is 0 Å². The summed E-state index contributed by atoms with van der Waals surface area (Å²) in [6.45, 7) is 0. The fraction of sp³-hybridized carbons (Fsp3) is 0.296. The lowest BCUT2D eigenvalue weighted by atomic mass is 9.91. The first-order valence-corrected chi connectivity index (χ1v) is 14.4. The molecule has 3 N–H and O–H groups in total. The van der Waals surface area contributed by atoms with Crippen molar-refractivity contribution in [2.75, 3.05) is 24.2 Å². The monoisotopic (exact) mass is 570 g/mol. The predicted octanol–water partition coefficient (Wildman–Crippen LogP) is 5.24. The fourth-order valence-electron chi connectivity index (χ4n) is 4.73. The van der Waals surface area contributed by atoms with Crippen LogP contribution in [0.2, 0.25) is 5.02 Å². The van der Waals surface area contributed by atoms with Crippen molar-refractivity contribution in [1.29, 1.82) is 0 Å². The Morgan fingerprint density at radius 1 is 1.03 bits per heavy atom. The molecule has 2 aromatic heterocycles. The van der Waals surface area contributed by atoms with Gasteiger partial charge in [0.25, 0.3) is 10.0 Å². The van der Waals surface area contributed by atoms with Crippen LogP contribution >= 0.6 is 11.6 Å². The summed E-state index contributed by atoms with van der Waals surface area (Å²) in [5.41, 5.74) is 1.69. The zero-order valence-corrected chi connectivity index (χ0v) is 23.0. The number of nitrogens with zero attached hydrogens (tertiary/aromatic N) is 3. The highest BCUT2D eigenvalue weighted by Crippen LogP contribution is 2.34. The summed E-state index contributed by atoms with van der Waals surface area (Å²) in [7, 11) is -0.808. The second-order valence-electron chi connectivity index (χ2n) is 9.36. The molecule has 1 aliphatic rings. The van der Waals surface area contributed by atoms with Gasteiger partial charge in [0.05, 0.1) is 17.6 Å². The summed E-state index contributed by atoms with van der Waals surface area (Å²) in [4.78, 5) is 13.0. The first-order chi connectivity index (χ1) is 18.8. The Morgan fingerprint density at radius 2 is 1.77 bits per heavy atom. The van der Waals surface area contributed by atoms with Crippen LogP contribution in [-0.4, -0.2) is 49.6 Å².